The van der Waals surface area contributed by atoms with Crippen molar-refractivity contribution in [3.8, 4) is 0 Å². The maximum atomic E-state index is 13.5. The van der Waals surface area contributed by atoms with Gasteiger partial charge in [-0.1, -0.05) is 30.7 Å². The molecule has 2 amide bonds. The maximum Gasteiger partial charge on any atom is 0.246 e. The fraction of sp³-hybridized carbons (Fsp3) is 0.467. The summed E-state index contributed by atoms with van der Waals surface area (Å²) in [6.45, 7) is 5.26. The highest BCUT2D eigenvalue weighted by Gasteiger charge is 2.45. The van der Waals surface area contributed by atoms with E-state index in [-0.39, 0.29) is 23.4 Å². The van der Waals surface area contributed by atoms with Crippen LogP contribution in [0, 0.1) is 5.82 Å². The fourth-order valence-electron chi connectivity index (χ4n) is 2.38. The number of benzene rings is 1. The van der Waals surface area contributed by atoms with Crippen LogP contribution in [-0.2, 0) is 16.1 Å². The Hall–Kier alpha value is -1.62. The van der Waals surface area contributed by atoms with Crippen molar-refractivity contribution in [2.24, 2.45) is 0 Å². The van der Waals surface area contributed by atoms with E-state index in [0.29, 0.717) is 12.0 Å². The second-order valence-corrected chi connectivity index (χ2v) is 6.01. The van der Waals surface area contributed by atoms with Gasteiger partial charge in [0.1, 0.15) is 17.4 Å². The molecule has 0 aliphatic carbocycles. The lowest BCUT2D eigenvalue weighted by Gasteiger charge is -2.44. The third-order valence-electron chi connectivity index (χ3n) is 3.87. The Labute approximate surface area is 128 Å². The van der Waals surface area contributed by atoms with Crippen molar-refractivity contribution in [3.05, 3.63) is 34.6 Å². The average molecular weight is 313 g/mol. The minimum atomic E-state index is -1.00. The van der Waals surface area contributed by atoms with Gasteiger partial charge in [0.05, 0.1) is 5.02 Å². The molecule has 1 aromatic carbocycles. The van der Waals surface area contributed by atoms with E-state index in [0.717, 1.165) is 0 Å². The number of hydrogen-bond acceptors (Lipinski definition) is 2. The number of nitrogens with one attached hydrogen (secondary N) is 1. The van der Waals surface area contributed by atoms with Crippen LogP contribution in [0.15, 0.2) is 18.2 Å². The summed E-state index contributed by atoms with van der Waals surface area (Å²) in [5, 5.41) is 2.70. The van der Waals surface area contributed by atoms with Gasteiger partial charge in [-0.25, -0.2) is 4.39 Å². The van der Waals surface area contributed by atoms with Gasteiger partial charge in [-0.3, -0.25) is 9.59 Å². The standard InChI is InChI=1S/C15H18ClFN2O2/c1-4-11-13(20)19(15(2,3)14(21)18-11)8-9-6-5-7-10(17)12(9)16/h5-7,11H,4,8H2,1-3H3,(H,18,21). The highest BCUT2D eigenvalue weighted by Crippen LogP contribution is 2.28. The molecule has 2 rings (SSSR count). The summed E-state index contributed by atoms with van der Waals surface area (Å²) in [7, 11) is 0. The fourth-order valence-corrected chi connectivity index (χ4v) is 2.56. The summed E-state index contributed by atoms with van der Waals surface area (Å²) in [6.07, 6.45) is 0.508. The van der Waals surface area contributed by atoms with Crippen LogP contribution in [0.1, 0.15) is 32.8 Å². The number of rotatable bonds is 3. The van der Waals surface area contributed by atoms with E-state index in [1.54, 1.807) is 19.9 Å². The highest BCUT2D eigenvalue weighted by atomic mass is 35.5. The topological polar surface area (TPSA) is 49.4 Å². The Morgan fingerprint density at radius 3 is 2.67 bits per heavy atom. The van der Waals surface area contributed by atoms with Gasteiger partial charge in [0.15, 0.2) is 0 Å². The van der Waals surface area contributed by atoms with Gasteiger partial charge >= 0.3 is 0 Å². The third kappa shape index (κ3) is 2.75. The van der Waals surface area contributed by atoms with Crippen LogP contribution >= 0.6 is 11.6 Å². The second kappa shape index (κ2) is 5.64. The van der Waals surface area contributed by atoms with Gasteiger partial charge < -0.3 is 10.2 Å². The van der Waals surface area contributed by atoms with Crippen molar-refractivity contribution in [1.29, 1.82) is 0 Å². The monoisotopic (exact) mass is 312 g/mol. The molecule has 0 aromatic heterocycles. The molecule has 1 unspecified atom stereocenters. The molecule has 1 aromatic rings. The maximum absolute atomic E-state index is 13.5. The molecule has 6 heteroatoms. The van der Waals surface area contributed by atoms with E-state index >= 15 is 0 Å². The third-order valence-corrected chi connectivity index (χ3v) is 4.29. The number of nitrogens with zero attached hydrogens (tertiary/aromatic N) is 1. The van der Waals surface area contributed by atoms with E-state index in [9.17, 15) is 14.0 Å². The smallest absolute Gasteiger partial charge is 0.246 e. The van der Waals surface area contributed by atoms with E-state index < -0.39 is 17.4 Å². The first-order valence-corrected chi connectivity index (χ1v) is 7.22. The molecule has 0 spiro atoms. The number of amides is 2. The zero-order chi connectivity index (χ0) is 15.8. The molecular formula is C15H18ClFN2O2. The predicted molar refractivity (Wildman–Crippen MR) is 78.3 cm³/mol. The quantitative estimate of drug-likeness (QED) is 0.932. The van der Waals surface area contributed by atoms with Crippen LogP contribution in [-0.4, -0.2) is 28.3 Å². The van der Waals surface area contributed by atoms with Crippen molar-refractivity contribution in [1.82, 2.24) is 10.2 Å². The predicted octanol–water partition coefficient (Wildman–Crippen LogP) is 2.49. The molecule has 1 atom stereocenters. The first kappa shape index (κ1) is 15.8. The minimum absolute atomic E-state index is 0.0138. The molecule has 1 N–H and O–H groups in total. The molecule has 1 aliphatic heterocycles. The lowest BCUT2D eigenvalue weighted by Crippen LogP contribution is -2.67. The zero-order valence-electron chi connectivity index (χ0n) is 12.2. The van der Waals surface area contributed by atoms with Gasteiger partial charge in [-0.2, -0.15) is 0 Å². The van der Waals surface area contributed by atoms with Crippen LogP contribution in [0.25, 0.3) is 0 Å². The highest BCUT2D eigenvalue weighted by molar-refractivity contribution is 6.31. The molecule has 114 valence electrons. The Balaban J connectivity index is 2.36. The summed E-state index contributed by atoms with van der Waals surface area (Å²) < 4.78 is 13.5. The number of carbonyl (C=O) groups is 2. The zero-order valence-corrected chi connectivity index (χ0v) is 13.0. The van der Waals surface area contributed by atoms with Crippen LogP contribution < -0.4 is 5.32 Å². The number of carbonyl (C=O) groups excluding carboxylic acids is 2. The molecule has 1 aliphatic rings. The van der Waals surface area contributed by atoms with E-state index in [1.165, 1.54) is 17.0 Å². The van der Waals surface area contributed by atoms with Crippen molar-refractivity contribution in [2.75, 3.05) is 0 Å². The lowest BCUT2D eigenvalue weighted by atomic mass is 9.94. The molecular weight excluding hydrogens is 295 g/mol. The minimum Gasteiger partial charge on any atom is -0.342 e. The number of hydrogen-bond donors (Lipinski definition) is 1. The van der Waals surface area contributed by atoms with Gasteiger partial charge in [-0.05, 0) is 31.9 Å². The van der Waals surface area contributed by atoms with Crippen molar-refractivity contribution in [2.45, 2.75) is 45.3 Å². The van der Waals surface area contributed by atoms with Crippen LogP contribution in [0.5, 0.6) is 0 Å². The molecule has 0 saturated carbocycles. The van der Waals surface area contributed by atoms with Gasteiger partial charge in [0.25, 0.3) is 0 Å². The van der Waals surface area contributed by atoms with E-state index in [2.05, 4.69) is 5.32 Å². The summed E-state index contributed by atoms with van der Waals surface area (Å²) in [5.41, 5.74) is -0.513. The molecule has 1 fully saturated rings. The molecule has 4 nitrogen and oxygen atoms in total. The number of halogens is 2. The number of piperazine rings is 1. The van der Waals surface area contributed by atoms with Crippen LogP contribution in [0.3, 0.4) is 0 Å². The van der Waals surface area contributed by atoms with E-state index in [4.69, 9.17) is 11.6 Å². The molecule has 21 heavy (non-hydrogen) atoms. The van der Waals surface area contributed by atoms with Crippen molar-refractivity contribution >= 4 is 23.4 Å². The molecule has 1 saturated heterocycles. The van der Waals surface area contributed by atoms with E-state index in [1.807, 2.05) is 6.92 Å². The van der Waals surface area contributed by atoms with Gasteiger partial charge in [-0.15, -0.1) is 0 Å². The normalized spacial score (nSPS) is 21.4. The molecule has 1 heterocycles. The summed E-state index contributed by atoms with van der Waals surface area (Å²) >= 11 is 5.95. The largest absolute Gasteiger partial charge is 0.342 e. The Morgan fingerprint density at radius 2 is 2.05 bits per heavy atom. The molecule has 0 bridgehead atoms. The Kier molecular flexibility index (Phi) is 4.23. The second-order valence-electron chi connectivity index (χ2n) is 5.63. The first-order valence-electron chi connectivity index (χ1n) is 6.84. The van der Waals surface area contributed by atoms with Crippen LogP contribution in [0.4, 0.5) is 4.39 Å². The Bertz CT molecular complexity index is 589. The molecule has 0 radical (unpaired) electrons. The summed E-state index contributed by atoms with van der Waals surface area (Å²) in [4.78, 5) is 26.1. The van der Waals surface area contributed by atoms with Crippen molar-refractivity contribution in [3.63, 3.8) is 0 Å². The van der Waals surface area contributed by atoms with Gasteiger partial charge in [0, 0.05) is 6.54 Å². The summed E-state index contributed by atoms with van der Waals surface area (Å²) in [5.74, 6) is -0.933. The lowest BCUT2D eigenvalue weighted by molar-refractivity contribution is -0.156. The van der Waals surface area contributed by atoms with Gasteiger partial charge in [0.2, 0.25) is 11.8 Å². The SMILES string of the molecule is CCC1NC(=O)C(C)(C)N(Cc2cccc(F)c2Cl)C1=O. The average Bonchev–Trinajstić information content (AvgIpc) is 2.43. The van der Waals surface area contributed by atoms with Crippen LogP contribution in [0.2, 0.25) is 5.02 Å². The Morgan fingerprint density at radius 1 is 1.38 bits per heavy atom. The first-order chi connectivity index (χ1) is 9.78. The summed E-state index contributed by atoms with van der Waals surface area (Å²) in [6, 6.07) is 3.91. The van der Waals surface area contributed by atoms with Crippen molar-refractivity contribution < 1.29 is 14.0 Å².